The number of aliphatic hydroxyl groups is 2. The van der Waals surface area contributed by atoms with Crippen LogP contribution in [0.15, 0.2) is 4.99 Å². The highest BCUT2D eigenvalue weighted by Gasteiger charge is 2.44. The molecule has 0 spiro atoms. The van der Waals surface area contributed by atoms with E-state index in [2.05, 4.69) is 47.5 Å². The van der Waals surface area contributed by atoms with E-state index in [-0.39, 0.29) is 88.8 Å². The molecule has 0 radical (unpaired) electrons. The molecular formula is C47H80N14O14. The van der Waals surface area contributed by atoms with E-state index in [1.807, 2.05) is 0 Å². The van der Waals surface area contributed by atoms with Crippen molar-refractivity contribution in [3.63, 3.8) is 0 Å². The van der Waals surface area contributed by atoms with Crippen LogP contribution in [0, 0.1) is 11.8 Å². The number of aliphatic imine (C=N–C) groups is 1. The van der Waals surface area contributed by atoms with Gasteiger partial charge in [-0.25, -0.2) is 4.79 Å². The van der Waals surface area contributed by atoms with Crippen LogP contribution >= 0.6 is 0 Å². The molecule has 0 aromatic carbocycles. The molecule has 75 heavy (non-hydrogen) atoms. The van der Waals surface area contributed by atoms with E-state index in [1.165, 1.54) is 16.7 Å². The molecule has 422 valence electrons. The summed E-state index contributed by atoms with van der Waals surface area (Å²) in [7, 11) is 0. The van der Waals surface area contributed by atoms with Crippen molar-refractivity contribution in [1.82, 2.24) is 52.3 Å². The molecule has 3 aliphatic rings. The lowest BCUT2D eigenvalue weighted by Gasteiger charge is -2.33. The number of hydrogen-bond acceptors (Lipinski definition) is 15. The first-order valence-corrected chi connectivity index (χ1v) is 25.6. The molecule has 28 heteroatoms. The molecule has 0 bridgehead atoms. The molecule has 3 aliphatic heterocycles. The summed E-state index contributed by atoms with van der Waals surface area (Å²) in [6, 6.07) is -12.3. The molecule has 3 saturated heterocycles. The SMILES string of the molecule is CC(C)C[C@H](NC(=O)[C@H](CCC(N)=O)NC(=O)[C@H](CO)NC(=O)[C@@H]1CCCN1)C(=O)N[C@@H](C)C(=O)N[C@@H](CCCN=C(N)N)C(=O)N1CCC[C@H]1C(=O)N1CCC[C@H]1C(=O)N[C@@H](CC(C)C)C(=O)N[C@@H](CO)C(=O)O. The van der Waals surface area contributed by atoms with E-state index < -0.39 is 139 Å². The van der Waals surface area contributed by atoms with Crippen LogP contribution in [0.5, 0.6) is 0 Å². The van der Waals surface area contributed by atoms with E-state index in [1.54, 1.807) is 27.7 Å². The Morgan fingerprint density at radius 2 is 1.11 bits per heavy atom. The number of carboxylic acid groups (broad SMARTS) is 1. The highest BCUT2D eigenvalue weighted by molar-refractivity contribution is 5.99. The van der Waals surface area contributed by atoms with Crippen molar-refractivity contribution < 1.29 is 68.1 Å². The van der Waals surface area contributed by atoms with Gasteiger partial charge in [0.2, 0.25) is 59.1 Å². The Morgan fingerprint density at radius 3 is 1.67 bits per heavy atom. The van der Waals surface area contributed by atoms with Gasteiger partial charge in [-0.3, -0.25) is 52.9 Å². The summed E-state index contributed by atoms with van der Waals surface area (Å²) < 4.78 is 0. The van der Waals surface area contributed by atoms with E-state index in [9.17, 15) is 68.1 Å². The Balaban J connectivity index is 1.78. The summed E-state index contributed by atoms with van der Waals surface area (Å²) in [5.74, 6) is -9.49. The summed E-state index contributed by atoms with van der Waals surface area (Å²) in [4.78, 5) is 153. The van der Waals surface area contributed by atoms with Crippen LogP contribution in [0.4, 0.5) is 0 Å². The van der Waals surface area contributed by atoms with E-state index in [4.69, 9.17) is 17.2 Å². The zero-order valence-corrected chi connectivity index (χ0v) is 43.6. The van der Waals surface area contributed by atoms with Gasteiger partial charge >= 0.3 is 5.97 Å². The van der Waals surface area contributed by atoms with Gasteiger partial charge in [-0.1, -0.05) is 27.7 Å². The Bertz CT molecular complexity index is 2070. The van der Waals surface area contributed by atoms with Crippen LogP contribution < -0.4 is 59.7 Å². The highest BCUT2D eigenvalue weighted by Crippen LogP contribution is 2.26. The topological polar surface area (TPSA) is 442 Å². The van der Waals surface area contributed by atoms with Crippen LogP contribution in [-0.2, 0) is 52.7 Å². The monoisotopic (exact) mass is 1060 g/mol. The second-order valence-electron chi connectivity index (χ2n) is 20.0. The predicted molar refractivity (Wildman–Crippen MR) is 269 cm³/mol. The molecule has 0 unspecified atom stereocenters. The van der Waals surface area contributed by atoms with Gasteiger partial charge in [-0.2, -0.15) is 0 Å². The second-order valence-corrected chi connectivity index (χ2v) is 20.0. The molecule has 0 aromatic rings. The number of amides is 10. The maximum Gasteiger partial charge on any atom is 0.328 e. The number of carbonyl (C=O) groups excluding carboxylic acids is 10. The molecule has 28 nitrogen and oxygen atoms in total. The predicted octanol–water partition coefficient (Wildman–Crippen LogP) is -5.39. The number of nitrogens with one attached hydrogen (secondary N) is 8. The van der Waals surface area contributed by atoms with Crippen molar-refractivity contribution in [2.24, 2.45) is 34.0 Å². The zero-order valence-electron chi connectivity index (χ0n) is 43.6. The number of primary amides is 1. The lowest BCUT2D eigenvalue weighted by atomic mass is 10.0. The molecule has 17 N–H and O–H groups in total. The van der Waals surface area contributed by atoms with Crippen molar-refractivity contribution in [2.45, 2.75) is 172 Å². The summed E-state index contributed by atoms with van der Waals surface area (Å²) in [6.45, 7) is 7.69. The van der Waals surface area contributed by atoms with Crippen LogP contribution in [0.3, 0.4) is 0 Å². The first kappa shape index (κ1) is 62.6. The minimum absolute atomic E-state index is 0.0186. The third-order valence-corrected chi connectivity index (χ3v) is 13.0. The van der Waals surface area contributed by atoms with Crippen LogP contribution in [0.25, 0.3) is 0 Å². The number of hydrogen-bond donors (Lipinski definition) is 14. The second kappa shape index (κ2) is 30.6. The van der Waals surface area contributed by atoms with Crippen molar-refractivity contribution in [3.05, 3.63) is 0 Å². The van der Waals surface area contributed by atoms with Crippen molar-refractivity contribution in [3.8, 4) is 0 Å². The Hall–Kier alpha value is -6.68. The minimum atomic E-state index is -1.61. The minimum Gasteiger partial charge on any atom is -0.480 e. The number of rotatable bonds is 30. The molecule has 10 amide bonds. The average Bonchev–Trinajstić information content (AvgIpc) is 4.17. The van der Waals surface area contributed by atoms with Gasteiger partial charge in [-0.15, -0.1) is 0 Å². The third kappa shape index (κ3) is 19.8. The number of likely N-dealkylation sites (tertiary alicyclic amines) is 2. The smallest absolute Gasteiger partial charge is 0.328 e. The standard InChI is InChI=1S/C47H80N14O14/c1-24(2)20-30(56-39(67)28(14-15-36(48)64)54-42(70)32(22-62)58-38(66)27-10-6-16-51-27)40(68)53-26(5)37(65)55-29(11-7-17-52-47(49)50)44(72)61-19-9-13-35(61)45(73)60-18-8-12-34(60)43(71)57-31(21-25(3)4)41(69)59-33(23-63)46(74)75/h24-35,51,62-63H,6-23H2,1-5H3,(H2,48,64)(H,53,68)(H,54,70)(H,55,65)(H,56,67)(H,57,71)(H,58,66)(H,59,69)(H,74,75)(H4,49,50,52)/t26-,27-,28-,29-,30-,31-,32-,33-,34-,35-/m0/s1. The third-order valence-electron chi connectivity index (χ3n) is 13.0. The largest absolute Gasteiger partial charge is 0.480 e. The lowest BCUT2D eigenvalue weighted by molar-refractivity contribution is -0.148. The molecule has 3 heterocycles. The number of guanidine groups is 1. The number of aliphatic carboxylic acids is 1. The first-order valence-electron chi connectivity index (χ1n) is 25.6. The fourth-order valence-corrected chi connectivity index (χ4v) is 9.03. The fourth-order valence-electron chi connectivity index (χ4n) is 9.03. The fraction of sp³-hybridized carbons (Fsp3) is 0.745. The van der Waals surface area contributed by atoms with Gasteiger partial charge in [0.05, 0.1) is 19.3 Å². The van der Waals surface area contributed by atoms with E-state index in [0.717, 1.165) is 6.42 Å². The molecule has 0 aromatic heterocycles. The summed E-state index contributed by atoms with van der Waals surface area (Å²) in [5, 5.41) is 49.3. The molecule has 0 aliphatic carbocycles. The molecule has 0 saturated carbocycles. The van der Waals surface area contributed by atoms with Crippen molar-refractivity contribution in [2.75, 3.05) is 39.4 Å². The Kier molecular flexibility index (Phi) is 25.6. The normalized spacial score (nSPS) is 20.1. The number of carbonyl (C=O) groups is 11. The van der Waals surface area contributed by atoms with Gasteiger partial charge in [0, 0.05) is 26.1 Å². The van der Waals surface area contributed by atoms with Crippen molar-refractivity contribution in [1.29, 1.82) is 0 Å². The lowest BCUT2D eigenvalue weighted by Crippen LogP contribution is -2.60. The highest BCUT2D eigenvalue weighted by atomic mass is 16.4. The van der Waals surface area contributed by atoms with E-state index >= 15 is 0 Å². The van der Waals surface area contributed by atoms with Crippen LogP contribution in [0.2, 0.25) is 0 Å². The Morgan fingerprint density at radius 1 is 0.587 bits per heavy atom. The molecule has 3 fully saturated rings. The number of nitrogens with zero attached hydrogens (tertiary/aromatic N) is 3. The summed E-state index contributed by atoms with van der Waals surface area (Å²) in [5.41, 5.74) is 16.4. The molecular weight excluding hydrogens is 985 g/mol. The average molecular weight is 1070 g/mol. The van der Waals surface area contributed by atoms with Gasteiger partial charge in [0.15, 0.2) is 5.96 Å². The maximum atomic E-state index is 14.5. The first-order chi connectivity index (χ1) is 35.4. The van der Waals surface area contributed by atoms with Gasteiger partial charge < -0.3 is 84.9 Å². The zero-order chi connectivity index (χ0) is 56.1. The van der Waals surface area contributed by atoms with Crippen LogP contribution in [-0.4, -0.2) is 196 Å². The van der Waals surface area contributed by atoms with Gasteiger partial charge in [-0.05, 0) is 95.9 Å². The molecule has 10 atom stereocenters. The van der Waals surface area contributed by atoms with Crippen LogP contribution in [0.1, 0.15) is 112 Å². The molecule has 3 rings (SSSR count). The quantitative estimate of drug-likeness (QED) is 0.0181. The number of nitrogens with two attached hydrogens (primary N) is 3. The number of carboxylic acids is 1. The van der Waals surface area contributed by atoms with Gasteiger partial charge in [0.1, 0.15) is 54.4 Å². The number of aliphatic hydroxyl groups excluding tert-OH is 2. The van der Waals surface area contributed by atoms with E-state index in [0.29, 0.717) is 25.8 Å². The van der Waals surface area contributed by atoms with Gasteiger partial charge in [0.25, 0.3) is 0 Å². The summed E-state index contributed by atoms with van der Waals surface area (Å²) in [6.07, 6.45) is 2.17. The van der Waals surface area contributed by atoms with Crippen molar-refractivity contribution >= 4 is 71.0 Å². The maximum absolute atomic E-state index is 14.5. The summed E-state index contributed by atoms with van der Waals surface area (Å²) >= 11 is 0. The Labute approximate surface area is 436 Å².